The van der Waals surface area contributed by atoms with Crippen LogP contribution in [-0.4, -0.2) is 45.1 Å². The van der Waals surface area contributed by atoms with Crippen LogP contribution in [0.2, 0.25) is 0 Å². The molecule has 1 fully saturated rings. The van der Waals surface area contributed by atoms with E-state index in [4.69, 9.17) is 5.11 Å². The van der Waals surface area contributed by atoms with Crippen LogP contribution >= 0.6 is 11.8 Å². The summed E-state index contributed by atoms with van der Waals surface area (Å²) in [6.07, 6.45) is 3.52. The Hall–Kier alpha value is -1.07. The number of thioether (sulfide) groups is 1. The van der Waals surface area contributed by atoms with E-state index in [1.165, 1.54) is 0 Å². The van der Waals surface area contributed by atoms with Gasteiger partial charge < -0.3 is 5.11 Å². The number of carboxylic acid groups (broad SMARTS) is 1. The lowest BCUT2D eigenvalue weighted by Crippen LogP contribution is -2.46. The Labute approximate surface area is 98.7 Å². The van der Waals surface area contributed by atoms with Crippen LogP contribution in [0.4, 0.5) is 0 Å². The van der Waals surface area contributed by atoms with Crippen molar-refractivity contribution in [3.63, 3.8) is 0 Å². The van der Waals surface area contributed by atoms with Crippen molar-refractivity contribution < 1.29 is 9.90 Å². The van der Waals surface area contributed by atoms with Gasteiger partial charge in [-0.2, -0.15) is 11.8 Å². The molecule has 2 heterocycles. The minimum Gasteiger partial charge on any atom is -0.480 e. The lowest BCUT2D eigenvalue weighted by Gasteiger charge is -2.32. The van der Waals surface area contributed by atoms with Crippen LogP contribution in [0, 0.1) is 0 Å². The molecule has 1 saturated heterocycles. The summed E-state index contributed by atoms with van der Waals surface area (Å²) in [6.45, 7) is 1.50. The molecule has 1 aromatic rings. The topological polar surface area (TPSA) is 53.4 Å². The van der Waals surface area contributed by atoms with Gasteiger partial charge in [0.1, 0.15) is 6.04 Å². The van der Waals surface area contributed by atoms with Crippen LogP contribution in [-0.2, 0) is 11.3 Å². The molecule has 2 rings (SSSR count). The Balaban J connectivity index is 2.04. The van der Waals surface area contributed by atoms with E-state index in [1.807, 2.05) is 17.0 Å². The number of aromatic nitrogens is 1. The third-order valence-corrected chi connectivity index (χ3v) is 3.66. The van der Waals surface area contributed by atoms with Crippen molar-refractivity contribution in [3.05, 3.63) is 30.1 Å². The zero-order valence-electron chi connectivity index (χ0n) is 8.87. The average Bonchev–Trinajstić information content (AvgIpc) is 2.31. The number of nitrogens with zero attached hydrogens (tertiary/aromatic N) is 2. The van der Waals surface area contributed by atoms with E-state index in [2.05, 4.69) is 4.98 Å². The van der Waals surface area contributed by atoms with Crippen molar-refractivity contribution in [2.24, 2.45) is 0 Å². The SMILES string of the molecule is O=C(O)C1CSCCN1Cc1cccnc1. The first-order chi connectivity index (χ1) is 7.77. The maximum Gasteiger partial charge on any atom is 0.321 e. The van der Waals surface area contributed by atoms with Crippen molar-refractivity contribution in [1.29, 1.82) is 0 Å². The first-order valence-electron chi connectivity index (χ1n) is 5.21. The van der Waals surface area contributed by atoms with Crippen LogP contribution in [0.25, 0.3) is 0 Å². The highest BCUT2D eigenvalue weighted by atomic mass is 32.2. The number of pyridine rings is 1. The largest absolute Gasteiger partial charge is 0.480 e. The molecule has 0 saturated carbocycles. The molecule has 86 valence electrons. The van der Waals surface area contributed by atoms with E-state index in [-0.39, 0.29) is 6.04 Å². The number of hydrogen-bond donors (Lipinski definition) is 1. The van der Waals surface area contributed by atoms with Crippen LogP contribution in [0.5, 0.6) is 0 Å². The number of carboxylic acids is 1. The van der Waals surface area contributed by atoms with Gasteiger partial charge in [0.2, 0.25) is 0 Å². The van der Waals surface area contributed by atoms with Crippen LogP contribution < -0.4 is 0 Å². The first kappa shape index (κ1) is 11.4. The van der Waals surface area contributed by atoms with Crippen LogP contribution in [0.3, 0.4) is 0 Å². The molecular weight excluding hydrogens is 224 g/mol. The molecular formula is C11H14N2O2S. The fraction of sp³-hybridized carbons (Fsp3) is 0.455. The molecule has 0 spiro atoms. The van der Waals surface area contributed by atoms with Gasteiger partial charge >= 0.3 is 5.97 Å². The normalized spacial score (nSPS) is 21.9. The molecule has 0 amide bonds. The molecule has 0 aliphatic carbocycles. The Kier molecular flexibility index (Phi) is 3.79. The standard InChI is InChI=1S/C11H14N2O2S/c14-11(15)10-8-16-5-4-13(10)7-9-2-1-3-12-6-9/h1-3,6,10H,4-5,7-8H2,(H,14,15). The zero-order valence-corrected chi connectivity index (χ0v) is 9.69. The highest BCUT2D eigenvalue weighted by Gasteiger charge is 2.28. The predicted molar refractivity (Wildman–Crippen MR) is 63.4 cm³/mol. The molecule has 0 radical (unpaired) electrons. The Bertz CT molecular complexity index is 358. The van der Waals surface area contributed by atoms with E-state index in [9.17, 15) is 4.79 Å². The van der Waals surface area contributed by atoms with E-state index >= 15 is 0 Å². The molecule has 16 heavy (non-hydrogen) atoms. The summed E-state index contributed by atoms with van der Waals surface area (Å²) >= 11 is 1.71. The second-order valence-corrected chi connectivity index (χ2v) is 4.91. The smallest absolute Gasteiger partial charge is 0.321 e. The molecule has 1 aliphatic rings. The van der Waals surface area contributed by atoms with Crippen molar-refractivity contribution in [3.8, 4) is 0 Å². The Morgan fingerprint density at radius 3 is 3.25 bits per heavy atom. The minimum atomic E-state index is -0.726. The van der Waals surface area contributed by atoms with Gasteiger partial charge in [0.05, 0.1) is 0 Å². The summed E-state index contributed by atoms with van der Waals surface area (Å²) in [6, 6.07) is 3.50. The summed E-state index contributed by atoms with van der Waals surface area (Å²) < 4.78 is 0. The second-order valence-electron chi connectivity index (χ2n) is 3.76. The molecule has 5 heteroatoms. The number of aliphatic carboxylic acids is 1. The van der Waals surface area contributed by atoms with Crippen molar-refractivity contribution in [1.82, 2.24) is 9.88 Å². The maximum absolute atomic E-state index is 11.1. The van der Waals surface area contributed by atoms with Gasteiger partial charge in [-0.25, -0.2) is 0 Å². The van der Waals surface area contributed by atoms with Crippen LogP contribution in [0.15, 0.2) is 24.5 Å². The van der Waals surface area contributed by atoms with Gasteiger partial charge in [0, 0.05) is 37.0 Å². The van der Waals surface area contributed by atoms with Crippen molar-refractivity contribution in [2.45, 2.75) is 12.6 Å². The van der Waals surface area contributed by atoms with Crippen molar-refractivity contribution >= 4 is 17.7 Å². The average molecular weight is 238 g/mol. The van der Waals surface area contributed by atoms with E-state index in [1.54, 1.807) is 24.2 Å². The summed E-state index contributed by atoms with van der Waals surface area (Å²) in [5.74, 6) is 0.954. The van der Waals surface area contributed by atoms with Gasteiger partial charge in [0.25, 0.3) is 0 Å². The highest BCUT2D eigenvalue weighted by Crippen LogP contribution is 2.18. The molecule has 1 aliphatic heterocycles. The number of carbonyl (C=O) groups is 1. The molecule has 1 atom stereocenters. The molecule has 1 unspecified atom stereocenters. The molecule has 1 N–H and O–H groups in total. The monoisotopic (exact) mass is 238 g/mol. The lowest BCUT2D eigenvalue weighted by atomic mass is 10.2. The van der Waals surface area contributed by atoms with Gasteiger partial charge in [-0.3, -0.25) is 14.7 Å². The van der Waals surface area contributed by atoms with Gasteiger partial charge in [-0.05, 0) is 11.6 Å². The highest BCUT2D eigenvalue weighted by molar-refractivity contribution is 7.99. The fourth-order valence-corrected chi connectivity index (χ4v) is 2.89. The summed E-state index contributed by atoms with van der Waals surface area (Å²) in [5, 5.41) is 9.12. The third kappa shape index (κ3) is 2.74. The Morgan fingerprint density at radius 2 is 2.56 bits per heavy atom. The quantitative estimate of drug-likeness (QED) is 0.854. The van der Waals surface area contributed by atoms with Crippen LogP contribution in [0.1, 0.15) is 5.56 Å². The molecule has 4 nitrogen and oxygen atoms in total. The Morgan fingerprint density at radius 1 is 1.69 bits per heavy atom. The predicted octanol–water partition coefficient (Wildman–Crippen LogP) is 1.08. The molecule has 0 bridgehead atoms. The second kappa shape index (κ2) is 5.32. The summed E-state index contributed by atoms with van der Waals surface area (Å²) in [4.78, 5) is 17.1. The molecule has 1 aromatic heterocycles. The maximum atomic E-state index is 11.1. The summed E-state index contributed by atoms with van der Waals surface area (Å²) in [7, 11) is 0. The number of hydrogen-bond acceptors (Lipinski definition) is 4. The fourth-order valence-electron chi connectivity index (χ4n) is 1.78. The number of rotatable bonds is 3. The van der Waals surface area contributed by atoms with Crippen molar-refractivity contribution in [2.75, 3.05) is 18.1 Å². The first-order valence-corrected chi connectivity index (χ1v) is 6.36. The zero-order chi connectivity index (χ0) is 11.4. The minimum absolute atomic E-state index is 0.362. The molecule has 0 aromatic carbocycles. The van der Waals surface area contributed by atoms with Gasteiger partial charge in [-0.15, -0.1) is 0 Å². The van der Waals surface area contributed by atoms with Gasteiger partial charge in [-0.1, -0.05) is 6.07 Å². The van der Waals surface area contributed by atoms with E-state index in [0.29, 0.717) is 12.3 Å². The van der Waals surface area contributed by atoms with E-state index < -0.39 is 5.97 Å². The van der Waals surface area contributed by atoms with Gasteiger partial charge in [0.15, 0.2) is 0 Å². The van der Waals surface area contributed by atoms with E-state index in [0.717, 1.165) is 17.9 Å². The lowest BCUT2D eigenvalue weighted by molar-refractivity contribution is -0.142. The summed E-state index contributed by atoms with van der Waals surface area (Å²) in [5.41, 5.74) is 1.07. The third-order valence-electron chi connectivity index (χ3n) is 2.63.